The summed E-state index contributed by atoms with van der Waals surface area (Å²) in [6, 6.07) is 18.4. The summed E-state index contributed by atoms with van der Waals surface area (Å²) in [4.78, 5) is 13.4. The van der Waals surface area contributed by atoms with Gasteiger partial charge in [-0.15, -0.1) is 0 Å². The molecule has 2 aromatic carbocycles. The van der Waals surface area contributed by atoms with Crippen LogP contribution >= 0.6 is 0 Å². The quantitative estimate of drug-likeness (QED) is 0.428. The maximum absolute atomic E-state index is 13.4. The minimum Gasteiger partial charge on any atom is -0.392 e. The van der Waals surface area contributed by atoms with Gasteiger partial charge in [-0.3, -0.25) is 4.79 Å². The predicted molar refractivity (Wildman–Crippen MR) is 133 cm³/mol. The Balaban J connectivity index is 1.60. The summed E-state index contributed by atoms with van der Waals surface area (Å²) in [5.74, 6) is 0.0921. The highest BCUT2D eigenvalue weighted by molar-refractivity contribution is 5.79. The Kier molecular flexibility index (Phi) is 9.07. The number of carbonyl (C=O) groups is 1. The zero-order valence-corrected chi connectivity index (χ0v) is 20.5. The number of carbonyl (C=O) groups excluding carboxylic acids is 1. The van der Waals surface area contributed by atoms with Crippen LogP contribution in [0.2, 0.25) is 0 Å². The van der Waals surface area contributed by atoms with Crippen LogP contribution < -0.4 is 10.6 Å². The summed E-state index contributed by atoms with van der Waals surface area (Å²) in [7, 11) is 0. The van der Waals surface area contributed by atoms with Crippen molar-refractivity contribution < 1.29 is 14.6 Å². The molecule has 0 spiro atoms. The van der Waals surface area contributed by atoms with Crippen LogP contribution in [0.3, 0.4) is 0 Å². The van der Waals surface area contributed by atoms with Crippen molar-refractivity contribution in [1.29, 1.82) is 0 Å². The molecule has 0 saturated carbocycles. The number of nitrogens with one attached hydrogen (secondary N) is 2. The molecule has 1 aliphatic rings. The van der Waals surface area contributed by atoms with Gasteiger partial charge in [0.1, 0.15) is 5.72 Å². The van der Waals surface area contributed by atoms with Crippen molar-refractivity contribution in [3.63, 3.8) is 0 Å². The Morgan fingerprint density at radius 2 is 1.64 bits per heavy atom. The lowest BCUT2D eigenvalue weighted by atomic mass is 9.92. The van der Waals surface area contributed by atoms with E-state index in [9.17, 15) is 9.90 Å². The zero-order chi connectivity index (χ0) is 23.8. The lowest BCUT2D eigenvalue weighted by Crippen LogP contribution is -2.50. The fourth-order valence-electron chi connectivity index (χ4n) is 4.58. The van der Waals surface area contributed by atoms with Gasteiger partial charge in [0.2, 0.25) is 5.91 Å². The standard InChI is InChI=1S/C28H40N2O3/c1-20(2)18-29-19-25(31)15-24(14-21-10-6-5-7-11-21)27(32)30-28(3,4)33-26-16-22-12-8-9-13-23(22)17-26/h5-13,20,24-26,29,31H,14-19H2,1-4H3,(H,30,32)/t24-,25+/m1/s1. The van der Waals surface area contributed by atoms with Gasteiger partial charge >= 0.3 is 0 Å². The van der Waals surface area contributed by atoms with E-state index in [2.05, 4.69) is 48.7 Å². The molecule has 0 radical (unpaired) electrons. The Hall–Kier alpha value is -2.21. The Morgan fingerprint density at radius 3 is 2.24 bits per heavy atom. The molecule has 2 atom stereocenters. The predicted octanol–water partition coefficient (Wildman–Crippen LogP) is 3.88. The first kappa shape index (κ1) is 25.4. The molecule has 1 amide bonds. The molecule has 0 saturated heterocycles. The minimum absolute atomic E-state index is 0.0519. The van der Waals surface area contributed by atoms with Crippen molar-refractivity contribution in [2.75, 3.05) is 13.1 Å². The molecule has 5 nitrogen and oxygen atoms in total. The van der Waals surface area contributed by atoms with Gasteiger partial charge in [0.15, 0.2) is 0 Å². The van der Waals surface area contributed by atoms with E-state index < -0.39 is 11.8 Å². The first-order valence-electron chi connectivity index (χ1n) is 12.2. The lowest BCUT2D eigenvalue weighted by Gasteiger charge is -2.32. The molecular weight excluding hydrogens is 412 g/mol. The number of benzene rings is 2. The van der Waals surface area contributed by atoms with Gasteiger partial charge < -0.3 is 20.5 Å². The van der Waals surface area contributed by atoms with Gasteiger partial charge in [0.25, 0.3) is 0 Å². The molecule has 0 aliphatic heterocycles. The van der Waals surface area contributed by atoms with E-state index in [-0.39, 0.29) is 17.9 Å². The maximum atomic E-state index is 13.4. The van der Waals surface area contributed by atoms with Crippen molar-refractivity contribution >= 4 is 5.91 Å². The average Bonchev–Trinajstić information content (AvgIpc) is 3.14. The molecule has 0 heterocycles. The molecule has 5 heteroatoms. The summed E-state index contributed by atoms with van der Waals surface area (Å²) in [5.41, 5.74) is 2.94. The lowest BCUT2D eigenvalue weighted by molar-refractivity contribution is -0.141. The normalized spacial score (nSPS) is 15.9. The summed E-state index contributed by atoms with van der Waals surface area (Å²) < 4.78 is 6.34. The van der Waals surface area contributed by atoms with Gasteiger partial charge in [-0.2, -0.15) is 0 Å². The van der Waals surface area contributed by atoms with E-state index in [1.165, 1.54) is 11.1 Å². The maximum Gasteiger partial charge on any atom is 0.225 e. The van der Waals surface area contributed by atoms with Gasteiger partial charge in [-0.25, -0.2) is 0 Å². The third kappa shape index (κ3) is 8.26. The molecule has 33 heavy (non-hydrogen) atoms. The highest BCUT2D eigenvalue weighted by Crippen LogP contribution is 2.27. The molecule has 0 bridgehead atoms. The third-order valence-corrected chi connectivity index (χ3v) is 6.08. The van der Waals surface area contributed by atoms with E-state index in [0.29, 0.717) is 25.3 Å². The smallest absolute Gasteiger partial charge is 0.225 e. The Bertz CT molecular complexity index is 857. The van der Waals surface area contributed by atoms with Gasteiger partial charge in [0.05, 0.1) is 12.2 Å². The van der Waals surface area contributed by atoms with E-state index in [0.717, 1.165) is 24.9 Å². The van der Waals surface area contributed by atoms with Crippen LogP contribution in [-0.2, 0) is 28.8 Å². The molecule has 3 rings (SSSR count). The summed E-state index contributed by atoms with van der Waals surface area (Å²) in [5, 5.41) is 17.0. The second-order valence-electron chi connectivity index (χ2n) is 10.2. The van der Waals surface area contributed by atoms with E-state index in [1.54, 1.807) is 0 Å². The van der Waals surface area contributed by atoms with Crippen LogP contribution in [0.15, 0.2) is 54.6 Å². The first-order chi connectivity index (χ1) is 15.7. The van der Waals surface area contributed by atoms with Crippen molar-refractivity contribution in [2.45, 2.75) is 71.3 Å². The summed E-state index contributed by atoms with van der Waals surface area (Å²) in [6.07, 6.45) is 2.18. The number of aliphatic hydroxyl groups is 1. The number of hydrogen-bond acceptors (Lipinski definition) is 4. The highest BCUT2D eigenvalue weighted by Gasteiger charge is 2.32. The first-order valence-corrected chi connectivity index (χ1v) is 12.2. The van der Waals surface area contributed by atoms with Crippen LogP contribution in [0.4, 0.5) is 0 Å². The molecule has 0 unspecified atom stereocenters. The van der Waals surface area contributed by atoms with Crippen LogP contribution in [0.1, 0.15) is 50.8 Å². The van der Waals surface area contributed by atoms with Crippen LogP contribution in [0, 0.1) is 11.8 Å². The topological polar surface area (TPSA) is 70.6 Å². The molecule has 180 valence electrons. The Labute approximate surface area is 198 Å². The number of ether oxygens (including phenoxy) is 1. The van der Waals surface area contributed by atoms with Crippen LogP contribution in [-0.4, -0.2) is 42.0 Å². The van der Waals surface area contributed by atoms with Crippen molar-refractivity contribution in [1.82, 2.24) is 10.6 Å². The number of fused-ring (bicyclic) bond motifs is 1. The molecule has 2 aromatic rings. The molecular formula is C28H40N2O3. The van der Waals surface area contributed by atoms with Crippen LogP contribution in [0.25, 0.3) is 0 Å². The zero-order valence-electron chi connectivity index (χ0n) is 20.5. The fraction of sp³-hybridized carbons (Fsp3) is 0.536. The number of amides is 1. The van der Waals surface area contributed by atoms with Gasteiger partial charge in [0, 0.05) is 12.5 Å². The summed E-state index contributed by atoms with van der Waals surface area (Å²) in [6.45, 7) is 9.42. The average molecular weight is 453 g/mol. The molecule has 0 fully saturated rings. The number of aliphatic hydroxyl groups excluding tert-OH is 1. The third-order valence-electron chi connectivity index (χ3n) is 6.08. The largest absolute Gasteiger partial charge is 0.392 e. The van der Waals surface area contributed by atoms with Gasteiger partial charge in [-0.1, -0.05) is 68.4 Å². The number of rotatable bonds is 12. The molecule has 3 N–H and O–H groups in total. The van der Waals surface area contributed by atoms with Crippen molar-refractivity contribution in [2.24, 2.45) is 11.8 Å². The molecule has 1 aliphatic carbocycles. The monoisotopic (exact) mass is 452 g/mol. The van der Waals surface area contributed by atoms with Crippen molar-refractivity contribution in [3.05, 3.63) is 71.3 Å². The fourth-order valence-corrected chi connectivity index (χ4v) is 4.58. The van der Waals surface area contributed by atoms with Gasteiger partial charge in [-0.05, 0) is 68.7 Å². The second-order valence-corrected chi connectivity index (χ2v) is 10.2. The van der Waals surface area contributed by atoms with Crippen molar-refractivity contribution in [3.8, 4) is 0 Å². The Morgan fingerprint density at radius 1 is 1.03 bits per heavy atom. The minimum atomic E-state index is -0.792. The SMILES string of the molecule is CC(C)CNC[C@@H](O)C[C@@H](Cc1ccccc1)C(=O)NC(C)(C)OC1Cc2ccccc2C1. The van der Waals surface area contributed by atoms with E-state index >= 15 is 0 Å². The van der Waals surface area contributed by atoms with E-state index in [1.807, 2.05) is 44.2 Å². The van der Waals surface area contributed by atoms with Crippen LogP contribution in [0.5, 0.6) is 0 Å². The second kappa shape index (κ2) is 11.8. The highest BCUT2D eigenvalue weighted by atomic mass is 16.5. The van der Waals surface area contributed by atoms with E-state index in [4.69, 9.17) is 4.74 Å². The summed E-state index contributed by atoms with van der Waals surface area (Å²) >= 11 is 0. The molecule has 0 aromatic heterocycles. The number of hydrogen-bond donors (Lipinski definition) is 3.